The van der Waals surface area contributed by atoms with Crippen molar-refractivity contribution >= 4 is 25.3 Å². The molecule has 0 aliphatic rings. The number of ether oxygens (including phenoxy) is 1. The summed E-state index contributed by atoms with van der Waals surface area (Å²) >= 11 is 0. The average molecular weight is 550 g/mol. The van der Waals surface area contributed by atoms with Gasteiger partial charge in [0.05, 0.1) is 5.69 Å². The van der Waals surface area contributed by atoms with Crippen LogP contribution in [0, 0.1) is 13.8 Å². The first-order valence-electron chi connectivity index (χ1n) is 14.3. The minimum atomic E-state index is -0.105. The molecule has 4 rings (SSSR count). The van der Waals surface area contributed by atoms with Gasteiger partial charge in [0.15, 0.2) is 0 Å². The first-order valence-corrected chi connectivity index (χ1v) is 15.3. The van der Waals surface area contributed by atoms with Crippen LogP contribution in [0.2, 0.25) is 0 Å². The molecule has 0 aliphatic heterocycles. The Hall–Kier alpha value is -3.22. The van der Waals surface area contributed by atoms with E-state index in [4.69, 9.17) is 9.73 Å². The Bertz CT molecular complexity index is 1470. The number of rotatable bonds is 9. The summed E-state index contributed by atoms with van der Waals surface area (Å²) in [5.74, 6) is 1.03. The van der Waals surface area contributed by atoms with Crippen molar-refractivity contribution in [1.82, 2.24) is 0 Å². The van der Waals surface area contributed by atoms with Gasteiger partial charge < -0.3 is 4.74 Å². The highest BCUT2D eigenvalue weighted by atomic mass is 31.1. The van der Waals surface area contributed by atoms with Gasteiger partial charge in [0.25, 0.3) is 0 Å². The molecule has 208 valence electrons. The molecule has 0 N–H and O–H groups in total. The summed E-state index contributed by atoms with van der Waals surface area (Å²) in [6, 6.07) is 32.1. The van der Waals surface area contributed by atoms with Crippen LogP contribution in [0.5, 0.6) is 5.75 Å². The molecule has 2 atom stereocenters. The monoisotopic (exact) mass is 549 g/mol. The molecule has 4 aromatic carbocycles. The third-order valence-corrected chi connectivity index (χ3v) is 9.87. The van der Waals surface area contributed by atoms with E-state index in [0.717, 1.165) is 23.6 Å². The SMILES string of the molecule is CCC(C)(Pc1c(C)cccc1/C(C)=N/c1ccccc1)c1cc(C(C)(C)C)cc(C)c1OCc1ccccc1. The molecule has 0 saturated heterocycles. The maximum Gasteiger partial charge on any atom is 0.126 e. The van der Waals surface area contributed by atoms with Crippen LogP contribution in [0.25, 0.3) is 0 Å². The van der Waals surface area contributed by atoms with Crippen molar-refractivity contribution in [3.05, 3.63) is 124 Å². The Kier molecular flexibility index (Phi) is 9.32. The summed E-state index contributed by atoms with van der Waals surface area (Å²) < 4.78 is 6.68. The first kappa shape index (κ1) is 29.8. The van der Waals surface area contributed by atoms with Gasteiger partial charge >= 0.3 is 0 Å². The van der Waals surface area contributed by atoms with Gasteiger partial charge in [-0.1, -0.05) is 122 Å². The summed E-state index contributed by atoms with van der Waals surface area (Å²) in [6.45, 7) is 18.8. The van der Waals surface area contributed by atoms with Crippen molar-refractivity contribution in [3.8, 4) is 5.75 Å². The van der Waals surface area contributed by atoms with Gasteiger partial charge in [-0.15, -0.1) is 0 Å². The van der Waals surface area contributed by atoms with Crippen LogP contribution in [-0.4, -0.2) is 5.71 Å². The molecule has 3 heteroatoms. The van der Waals surface area contributed by atoms with Crippen molar-refractivity contribution in [3.63, 3.8) is 0 Å². The highest BCUT2D eigenvalue weighted by Gasteiger charge is 2.33. The second-order valence-corrected chi connectivity index (χ2v) is 13.9. The fourth-order valence-corrected chi connectivity index (χ4v) is 6.78. The summed E-state index contributed by atoms with van der Waals surface area (Å²) in [7, 11) is 0.560. The van der Waals surface area contributed by atoms with Crippen LogP contribution < -0.4 is 10.0 Å². The topological polar surface area (TPSA) is 21.6 Å². The molecule has 0 heterocycles. The lowest BCUT2D eigenvalue weighted by molar-refractivity contribution is 0.297. The number of aliphatic imine (C=N–C) groups is 1. The largest absolute Gasteiger partial charge is 0.488 e. The van der Waals surface area contributed by atoms with Crippen molar-refractivity contribution in [2.24, 2.45) is 4.99 Å². The van der Waals surface area contributed by atoms with E-state index in [1.54, 1.807) is 0 Å². The molecular formula is C37H44NOP. The second-order valence-electron chi connectivity index (χ2n) is 12.0. The number of hydrogen-bond acceptors (Lipinski definition) is 2. The van der Waals surface area contributed by atoms with Crippen molar-refractivity contribution in [2.45, 2.75) is 79.0 Å². The van der Waals surface area contributed by atoms with E-state index in [2.05, 4.69) is 128 Å². The average Bonchev–Trinajstić information content (AvgIpc) is 2.93. The third kappa shape index (κ3) is 6.91. The van der Waals surface area contributed by atoms with E-state index >= 15 is 0 Å². The van der Waals surface area contributed by atoms with Crippen LogP contribution in [0.15, 0.2) is 96.0 Å². The van der Waals surface area contributed by atoms with Crippen LogP contribution in [0.1, 0.15) is 81.3 Å². The minimum absolute atomic E-state index is 0.0436. The number of aryl methyl sites for hydroxylation is 2. The van der Waals surface area contributed by atoms with E-state index in [-0.39, 0.29) is 10.6 Å². The van der Waals surface area contributed by atoms with Crippen molar-refractivity contribution in [2.75, 3.05) is 0 Å². The second kappa shape index (κ2) is 12.5. The van der Waals surface area contributed by atoms with Gasteiger partial charge in [-0.2, -0.15) is 0 Å². The molecule has 0 bridgehead atoms. The third-order valence-electron chi connectivity index (χ3n) is 7.78. The van der Waals surface area contributed by atoms with Gasteiger partial charge in [-0.25, -0.2) is 0 Å². The number of benzene rings is 4. The summed E-state index contributed by atoms with van der Waals surface area (Å²) in [5, 5.41) is 1.28. The minimum Gasteiger partial charge on any atom is -0.488 e. The standard InChI is InChI=1S/C37H44NOP/c1-9-37(8,40-35-26(2)17-16-22-32(35)28(4)38-31-20-14-11-15-21-31)33-24-30(36(5,6)7)23-27(3)34(33)39-25-29-18-12-10-13-19-29/h10-24,40H,9,25H2,1-8H3/b38-28+. The molecule has 4 aromatic rings. The smallest absolute Gasteiger partial charge is 0.126 e. The van der Waals surface area contributed by atoms with Gasteiger partial charge in [0.2, 0.25) is 0 Å². The van der Waals surface area contributed by atoms with Crippen molar-refractivity contribution in [1.29, 1.82) is 0 Å². The molecule has 0 amide bonds. The fourth-order valence-electron chi connectivity index (χ4n) is 5.05. The molecule has 0 aromatic heterocycles. The summed E-state index contributed by atoms with van der Waals surface area (Å²) in [5.41, 5.74) is 9.67. The van der Waals surface area contributed by atoms with Crippen LogP contribution in [0.3, 0.4) is 0 Å². The molecule has 0 spiro atoms. The van der Waals surface area contributed by atoms with Crippen LogP contribution in [0.4, 0.5) is 5.69 Å². The first-order chi connectivity index (χ1) is 19.0. The van der Waals surface area contributed by atoms with Gasteiger partial charge in [-0.3, -0.25) is 4.99 Å². The molecule has 2 unspecified atom stereocenters. The number of para-hydroxylation sites is 1. The van der Waals surface area contributed by atoms with E-state index in [9.17, 15) is 0 Å². The Morgan fingerprint density at radius 3 is 2.08 bits per heavy atom. The highest BCUT2D eigenvalue weighted by Crippen LogP contribution is 2.50. The van der Waals surface area contributed by atoms with Crippen molar-refractivity contribution < 1.29 is 4.74 Å². The molecule has 0 saturated carbocycles. The van der Waals surface area contributed by atoms with Gasteiger partial charge in [-0.05, 0) is 72.3 Å². The Morgan fingerprint density at radius 1 is 0.800 bits per heavy atom. The zero-order valence-corrected chi connectivity index (χ0v) is 26.4. The van der Waals surface area contributed by atoms with Gasteiger partial charge in [0.1, 0.15) is 12.4 Å². The zero-order valence-electron chi connectivity index (χ0n) is 25.4. The molecular weight excluding hydrogens is 505 g/mol. The predicted octanol–water partition coefficient (Wildman–Crippen LogP) is 9.95. The maximum absolute atomic E-state index is 6.68. The van der Waals surface area contributed by atoms with E-state index < -0.39 is 0 Å². The predicted molar refractivity (Wildman–Crippen MR) is 176 cm³/mol. The lowest BCUT2D eigenvalue weighted by Crippen LogP contribution is -2.25. The summed E-state index contributed by atoms with van der Waals surface area (Å²) in [4.78, 5) is 5.00. The molecule has 2 nitrogen and oxygen atoms in total. The normalized spacial score (nSPS) is 13.9. The molecule has 40 heavy (non-hydrogen) atoms. The molecule has 0 aliphatic carbocycles. The number of nitrogens with zero attached hydrogens (tertiary/aromatic N) is 1. The van der Waals surface area contributed by atoms with E-state index in [1.165, 1.54) is 38.7 Å². The Labute approximate surface area is 243 Å². The molecule has 0 fully saturated rings. The lowest BCUT2D eigenvalue weighted by atomic mass is 9.82. The van der Waals surface area contributed by atoms with E-state index in [0.29, 0.717) is 15.2 Å². The quantitative estimate of drug-likeness (QED) is 0.150. The lowest BCUT2D eigenvalue weighted by Gasteiger charge is -2.35. The maximum atomic E-state index is 6.68. The molecule has 0 radical (unpaired) electrons. The highest BCUT2D eigenvalue weighted by molar-refractivity contribution is 7.49. The van der Waals surface area contributed by atoms with Crippen LogP contribution in [-0.2, 0) is 17.2 Å². The van der Waals surface area contributed by atoms with Crippen LogP contribution >= 0.6 is 8.58 Å². The van der Waals surface area contributed by atoms with Gasteiger partial charge in [0, 0.05) is 22.0 Å². The fraction of sp³-hybridized carbons (Fsp3) is 0.324. The zero-order chi connectivity index (χ0) is 28.9. The summed E-state index contributed by atoms with van der Waals surface area (Å²) in [6.07, 6.45) is 1.00. The Morgan fingerprint density at radius 2 is 1.45 bits per heavy atom. The van der Waals surface area contributed by atoms with E-state index in [1.807, 2.05) is 18.2 Å². The number of hydrogen-bond donors (Lipinski definition) is 0. The Balaban J connectivity index is 1.82.